The molecule has 3 rings (SSSR count). The van der Waals surface area contributed by atoms with E-state index in [9.17, 15) is 14.4 Å². The molecule has 0 aliphatic heterocycles. The topological polar surface area (TPSA) is 84.0 Å². The van der Waals surface area contributed by atoms with Crippen molar-refractivity contribution in [1.82, 2.24) is 14.9 Å². The number of H-pyrrole nitrogens is 1. The van der Waals surface area contributed by atoms with Crippen LogP contribution in [0.1, 0.15) is 42.0 Å². The van der Waals surface area contributed by atoms with Gasteiger partial charge in [0, 0.05) is 17.0 Å². The summed E-state index contributed by atoms with van der Waals surface area (Å²) in [6, 6.07) is 8.87. The van der Waals surface area contributed by atoms with Gasteiger partial charge in [0.15, 0.2) is 0 Å². The number of amides is 1. The van der Waals surface area contributed by atoms with Crippen LogP contribution >= 0.6 is 11.3 Å². The standard InChI is InChI=1S/C19H21N3O3S/c1-4-22-14-8-7-12(10-13(14)20-18(24)19(22)25)17(23)21-16(11(2)3)15-6-5-9-26-15/h5-11,16H,4H2,1-3H3,(H,20,24)(H,21,23)/t16-/m0/s1. The highest BCUT2D eigenvalue weighted by molar-refractivity contribution is 7.10. The Bertz CT molecular complexity index is 1050. The van der Waals surface area contributed by atoms with E-state index in [1.54, 1.807) is 36.5 Å². The van der Waals surface area contributed by atoms with Gasteiger partial charge in [0.1, 0.15) is 0 Å². The summed E-state index contributed by atoms with van der Waals surface area (Å²) >= 11 is 1.61. The summed E-state index contributed by atoms with van der Waals surface area (Å²) in [4.78, 5) is 40.2. The molecule has 7 heteroatoms. The monoisotopic (exact) mass is 371 g/mol. The van der Waals surface area contributed by atoms with E-state index in [-0.39, 0.29) is 17.9 Å². The minimum Gasteiger partial charge on any atom is -0.344 e. The van der Waals surface area contributed by atoms with E-state index in [1.807, 2.05) is 17.5 Å². The average molecular weight is 371 g/mol. The number of nitrogens with zero attached hydrogens (tertiary/aromatic N) is 1. The molecule has 2 N–H and O–H groups in total. The van der Waals surface area contributed by atoms with E-state index >= 15 is 0 Å². The first-order chi connectivity index (χ1) is 12.4. The molecule has 136 valence electrons. The Balaban J connectivity index is 1.97. The van der Waals surface area contributed by atoms with Crippen molar-refractivity contribution < 1.29 is 4.79 Å². The summed E-state index contributed by atoms with van der Waals surface area (Å²) in [5.74, 6) is 0.0252. The molecular weight excluding hydrogens is 350 g/mol. The normalized spacial score (nSPS) is 12.5. The Morgan fingerprint density at radius 2 is 2.04 bits per heavy atom. The lowest BCUT2D eigenvalue weighted by atomic mass is 10.0. The molecule has 0 aliphatic rings. The van der Waals surface area contributed by atoms with Crippen LogP contribution in [0, 0.1) is 5.92 Å². The minimum absolute atomic E-state index is 0.0816. The smallest absolute Gasteiger partial charge is 0.316 e. The van der Waals surface area contributed by atoms with Crippen LogP contribution in [0.25, 0.3) is 11.0 Å². The van der Waals surface area contributed by atoms with Crippen molar-refractivity contribution in [3.63, 3.8) is 0 Å². The number of nitrogens with one attached hydrogen (secondary N) is 2. The van der Waals surface area contributed by atoms with Gasteiger partial charge in [-0.15, -0.1) is 11.3 Å². The van der Waals surface area contributed by atoms with Gasteiger partial charge in [-0.05, 0) is 42.5 Å². The second-order valence-electron chi connectivity index (χ2n) is 6.45. The second kappa shape index (κ2) is 7.29. The molecule has 26 heavy (non-hydrogen) atoms. The van der Waals surface area contributed by atoms with Gasteiger partial charge in [-0.3, -0.25) is 14.4 Å². The van der Waals surface area contributed by atoms with Gasteiger partial charge in [0.25, 0.3) is 5.91 Å². The third kappa shape index (κ3) is 3.35. The van der Waals surface area contributed by atoms with Crippen molar-refractivity contribution in [2.24, 2.45) is 5.92 Å². The number of carbonyl (C=O) groups is 1. The van der Waals surface area contributed by atoms with Crippen LogP contribution in [0.2, 0.25) is 0 Å². The molecule has 1 atom stereocenters. The molecule has 0 aliphatic carbocycles. The molecule has 2 aromatic heterocycles. The number of aryl methyl sites for hydroxylation is 1. The summed E-state index contributed by atoms with van der Waals surface area (Å²) in [6.07, 6.45) is 0. The fourth-order valence-electron chi connectivity index (χ4n) is 2.99. The lowest BCUT2D eigenvalue weighted by Crippen LogP contribution is -2.36. The highest BCUT2D eigenvalue weighted by Gasteiger charge is 2.20. The molecule has 1 aromatic carbocycles. The summed E-state index contributed by atoms with van der Waals surface area (Å²) in [7, 11) is 0. The molecule has 0 radical (unpaired) electrons. The highest BCUT2D eigenvalue weighted by Crippen LogP contribution is 2.26. The molecule has 0 spiro atoms. The summed E-state index contributed by atoms with van der Waals surface area (Å²) < 4.78 is 1.40. The molecule has 1 amide bonds. The van der Waals surface area contributed by atoms with Crippen LogP contribution in [0.4, 0.5) is 0 Å². The van der Waals surface area contributed by atoms with E-state index in [4.69, 9.17) is 0 Å². The molecule has 0 saturated heterocycles. The van der Waals surface area contributed by atoms with Crippen LogP contribution in [-0.2, 0) is 6.54 Å². The Hall–Kier alpha value is -2.67. The van der Waals surface area contributed by atoms with Crippen LogP contribution < -0.4 is 16.4 Å². The van der Waals surface area contributed by atoms with Gasteiger partial charge in [-0.2, -0.15) is 0 Å². The van der Waals surface area contributed by atoms with Gasteiger partial charge in [-0.1, -0.05) is 19.9 Å². The Labute approximate surface area is 154 Å². The van der Waals surface area contributed by atoms with Crippen LogP contribution in [0.15, 0.2) is 45.3 Å². The van der Waals surface area contributed by atoms with E-state index < -0.39 is 11.1 Å². The first kappa shape index (κ1) is 18.1. The molecule has 3 aromatic rings. The van der Waals surface area contributed by atoms with Crippen LogP contribution in [0.5, 0.6) is 0 Å². The average Bonchev–Trinajstić information content (AvgIpc) is 3.14. The number of rotatable bonds is 5. The number of carbonyl (C=O) groups excluding carboxylic acids is 1. The number of fused-ring (bicyclic) bond motifs is 1. The predicted molar refractivity (Wildman–Crippen MR) is 104 cm³/mol. The Kier molecular flexibility index (Phi) is 5.08. The first-order valence-electron chi connectivity index (χ1n) is 8.53. The van der Waals surface area contributed by atoms with Crippen LogP contribution in [0.3, 0.4) is 0 Å². The number of hydrogen-bond donors (Lipinski definition) is 2. The molecule has 0 bridgehead atoms. The maximum absolute atomic E-state index is 12.7. The summed E-state index contributed by atoms with van der Waals surface area (Å²) in [5, 5.41) is 5.05. The van der Waals surface area contributed by atoms with Gasteiger partial charge >= 0.3 is 11.1 Å². The molecule has 0 unspecified atom stereocenters. The Morgan fingerprint density at radius 3 is 2.65 bits per heavy atom. The SMILES string of the molecule is CCn1c(=O)c(=O)[nH]c2cc(C(=O)N[C@H](c3cccs3)C(C)C)ccc21. The largest absolute Gasteiger partial charge is 0.344 e. The van der Waals surface area contributed by atoms with Crippen molar-refractivity contribution in [2.75, 3.05) is 0 Å². The molecule has 2 heterocycles. The van der Waals surface area contributed by atoms with Crippen molar-refractivity contribution in [3.8, 4) is 0 Å². The van der Waals surface area contributed by atoms with Gasteiger partial charge in [0.2, 0.25) is 0 Å². The Morgan fingerprint density at radius 1 is 1.27 bits per heavy atom. The molecule has 0 fully saturated rings. The molecule has 0 saturated carbocycles. The van der Waals surface area contributed by atoms with E-state index in [1.165, 1.54) is 4.57 Å². The van der Waals surface area contributed by atoms with Crippen LogP contribution in [-0.4, -0.2) is 15.5 Å². The van der Waals surface area contributed by atoms with E-state index in [0.29, 0.717) is 23.1 Å². The zero-order chi connectivity index (χ0) is 18.8. The van der Waals surface area contributed by atoms with Crippen molar-refractivity contribution in [3.05, 3.63) is 66.9 Å². The van der Waals surface area contributed by atoms with Gasteiger partial charge in [0.05, 0.1) is 17.1 Å². The zero-order valence-electron chi connectivity index (χ0n) is 14.9. The summed E-state index contributed by atoms with van der Waals surface area (Å²) in [6.45, 7) is 6.30. The molecular formula is C19H21N3O3S. The number of thiophene rings is 1. The van der Waals surface area contributed by atoms with Gasteiger partial charge < -0.3 is 14.9 Å². The number of aromatic nitrogens is 2. The fraction of sp³-hybridized carbons (Fsp3) is 0.316. The number of aromatic amines is 1. The van der Waals surface area contributed by atoms with Crippen molar-refractivity contribution in [1.29, 1.82) is 0 Å². The van der Waals surface area contributed by atoms with Crippen molar-refractivity contribution in [2.45, 2.75) is 33.4 Å². The maximum Gasteiger partial charge on any atom is 0.316 e. The first-order valence-corrected chi connectivity index (χ1v) is 9.41. The second-order valence-corrected chi connectivity index (χ2v) is 7.43. The van der Waals surface area contributed by atoms with E-state index in [0.717, 1.165) is 4.88 Å². The lowest BCUT2D eigenvalue weighted by molar-refractivity contribution is 0.0926. The minimum atomic E-state index is -0.685. The predicted octanol–water partition coefficient (Wildman–Crippen LogP) is 2.90. The third-order valence-corrected chi connectivity index (χ3v) is 5.31. The zero-order valence-corrected chi connectivity index (χ0v) is 15.7. The molecule has 6 nitrogen and oxygen atoms in total. The van der Waals surface area contributed by atoms with Crippen molar-refractivity contribution >= 4 is 28.3 Å². The summed E-state index contributed by atoms with van der Waals surface area (Å²) in [5.41, 5.74) is 0.246. The quantitative estimate of drug-likeness (QED) is 0.677. The number of hydrogen-bond acceptors (Lipinski definition) is 4. The number of benzene rings is 1. The maximum atomic E-state index is 12.7. The fourth-order valence-corrected chi connectivity index (χ4v) is 3.94. The van der Waals surface area contributed by atoms with Gasteiger partial charge in [-0.25, -0.2) is 0 Å². The van der Waals surface area contributed by atoms with E-state index in [2.05, 4.69) is 24.1 Å². The highest BCUT2D eigenvalue weighted by atomic mass is 32.1. The third-order valence-electron chi connectivity index (χ3n) is 4.36. The lowest BCUT2D eigenvalue weighted by Gasteiger charge is -2.21.